The number of hydrogen-bond donors (Lipinski definition) is 0. The second kappa shape index (κ2) is 11.4. The van der Waals surface area contributed by atoms with Gasteiger partial charge in [0, 0.05) is 45.4 Å². The maximum Gasteiger partial charge on any atom is 0.289 e. The molecule has 1 atom stereocenters. The molecular weight excluding hydrogens is 397 g/mol. The molecule has 7 heteroatoms. The van der Waals surface area contributed by atoms with Gasteiger partial charge in [0.05, 0.1) is 0 Å². The Hall–Kier alpha value is -2.22. The number of amides is 1. The van der Waals surface area contributed by atoms with E-state index in [0.29, 0.717) is 43.7 Å². The van der Waals surface area contributed by atoms with E-state index >= 15 is 0 Å². The van der Waals surface area contributed by atoms with Crippen molar-refractivity contribution in [3.8, 4) is 0 Å². The highest BCUT2D eigenvalue weighted by Gasteiger charge is 2.26. The first-order valence-electron chi connectivity index (χ1n) is 10.9. The minimum atomic E-state index is -0.155. The van der Waals surface area contributed by atoms with Gasteiger partial charge >= 0.3 is 0 Å². The molecule has 0 spiro atoms. The molecule has 1 saturated heterocycles. The summed E-state index contributed by atoms with van der Waals surface area (Å²) < 4.78 is 24.9. The number of likely N-dealkylation sites (N-methyl/N-ethyl adjacent to an activating group) is 1. The number of carbonyl (C=O) groups excluding carboxylic acids is 1. The number of halogens is 1. The zero-order valence-corrected chi connectivity index (χ0v) is 18.8. The fraction of sp³-hybridized carbons (Fsp3) is 0.542. The number of hydrogen-bond acceptors (Lipinski definition) is 5. The van der Waals surface area contributed by atoms with Crippen molar-refractivity contribution in [3.05, 3.63) is 59.3 Å². The Morgan fingerprint density at radius 2 is 2.03 bits per heavy atom. The molecule has 1 aromatic carbocycles. The maximum atomic E-state index is 14.1. The fourth-order valence-electron chi connectivity index (χ4n) is 4.09. The fourth-order valence-corrected chi connectivity index (χ4v) is 4.09. The van der Waals surface area contributed by atoms with Crippen molar-refractivity contribution in [3.63, 3.8) is 0 Å². The van der Waals surface area contributed by atoms with E-state index in [1.165, 1.54) is 6.07 Å². The summed E-state index contributed by atoms with van der Waals surface area (Å²) in [7, 11) is 5.61. The zero-order chi connectivity index (χ0) is 22.2. The van der Waals surface area contributed by atoms with E-state index in [1.54, 1.807) is 25.3 Å². The van der Waals surface area contributed by atoms with Crippen LogP contribution in [0.3, 0.4) is 0 Å². The van der Waals surface area contributed by atoms with Crippen LogP contribution in [-0.2, 0) is 17.9 Å². The molecule has 0 N–H and O–H groups in total. The quantitative estimate of drug-likeness (QED) is 0.577. The summed E-state index contributed by atoms with van der Waals surface area (Å²) in [6, 6.07) is 10.5. The molecule has 2 aromatic rings. The molecule has 31 heavy (non-hydrogen) atoms. The smallest absolute Gasteiger partial charge is 0.289 e. The Kier molecular flexibility index (Phi) is 8.63. The highest BCUT2D eigenvalue weighted by molar-refractivity contribution is 5.91. The second-order valence-corrected chi connectivity index (χ2v) is 8.59. The van der Waals surface area contributed by atoms with Gasteiger partial charge < -0.3 is 19.0 Å². The van der Waals surface area contributed by atoms with Gasteiger partial charge in [-0.3, -0.25) is 9.69 Å². The molecule has 0 aliphatic carbocycles. The number of carbonyl (C=O) groups is 1. The summed E-state index contributed by atoms with van der Waals surface area (Å²) in [6.45, 7) is 4.84. The lowest BCUT2D eigenvalue weighted by molar-refractivity contribution is 0.0623. The van der Waals surface area contributed by atoms with Crippen LogP contribution < -0.4 is 0 Å². The number of ether oxygens (including phenoxy) is 1. The Bertz CT molecular complexity index is 839. The van der Waals surface area contributed by atoms with Crippen LogP contribution in [0.25, 0.3) is 0 Å². The lowest BCUT2D eigenvalue weighted by Gasteiger charge is -2.36. The van der Waals surface area contributed by atoms with E-state index < -0.39 is 0 Å². The van der Waals surface area contributed by atoms with Crippen LogP contribution in [-0.4, -0.2) is 74.5 Å². The van der Waals surface area contributed by atoms with Crippen LogP contribution in [0, 0.1) is 11.7 Å². The molecule has 6 nitrogen and oxygen atoms in total. The SMILES string of the molecule is COCc1ccc(C(=O)N(CCN(C)C)CC2CCCN(Cc3ccccc3F)C2)o1. The third kappa shape index (κ3) is 6.89. The average Bonchev–Trinajstić information content (AvgIpc) is 3.21. The molecule has 0 bridgehead atoms. The maximum absolute atomic E-state index is 14.1. The van der Waals surface area contributed by atoms with Crippen LogP contribution in [0.2, 0.25) is 0 Å². The lowest BCUT2D eigenvalue weighted by Crippen LogP contribution is -2.44. The Morgan fingerprint density at radius 1 is 1.23 bits per heavy atom. The van der Waals surface area contributed by atoms with Crippen LogP contribution in [0.4, 0.5) is 4.39 Å². The monoisotopic (exact) mass is 431 g/mol. The van der Waals surface area contributed by atoms with Crippen LogP contribution in [0.5, 0.6) is 0 Å². The van der Waals surface area contributed by atoms with Crippen molar-refractivity contribution < 1.29 is 18.3 Å². The van der Waals surface area contributed by atoms with Gasteiger partial charge in [-0.1, -0.05) is 18.2 Å². The molecule has 1 amide bonds. The van der Waals surface area contributed by atoms with Crippen molar-refractivity contribution >= 4 is 5.91 Å². The first-order valence-corrected chi connectivity index (χ1v) is 10.9. The molecule has 2 heterocycles. The molecule has 1 unspecified atom stereocenters. The van der Waals surface area contributed by atoms with Crippen molar-refractivity contribution in [2.45, 2.75) is 26.0 Å². The minimum absolute atomic E-state index is 0.0876. The molecule has 170 valence electrons. The predicted molar refractivity (Wildman–Crippen MR) is 118 cm³/mol. The summed E-state index contributed by atoms with van der Waals surface area (Å²) in [5, 5.41) is 0. The summed E-state index contributed by atoms with van der Waals surface area (Å²) in [5.41, 5.74) is 0.727. The predicted octanol–water partition coefficient (Wildman–Crippen LogP) is 3.48. The first kappa shape index (κ1) is 23.4. The largest absolute Gasteiger partial charge is 0.453 e. The second-order valence-electron chi connectivity index (χ2n) is 8.59. The molecule has 1 aromatic heterocycles. The Morgan fingerprint density at radius 3 is 2.77 bits per heavy atom. The number of nitrogens with zero attached hydrogens (tertiary/aromatic N) is 3. The van der Waals surface area contributed by atoms with E-state index in [9.17, 15) is 9.18 Å². The van der Waals surface area contributed by atoms with E-state index in [2.05, 4.69) is 9.80 Å². The standard InChI is InChI=1S/C24H34FN3O3/c1-26(2)13-14-28(24(29)23-11-10-21(31-23)18-30-3)16-19-7-6-12-27(15-19)17-20-8-4-5-9-22(20)25/h4-5,8-11,19H,6-7,12-18H2,1-3H3. The zero-order valence-electron chi connectivity index (χ0n) is 18.8. The summed E-state index contributed by atoms with van der Waals surface area (Å²) >= 11 is 0. The van der Waals surface area contributed by atoms with Gasteiger partial charge in [0.25, 0.3) is 5.91 Å². The number of rotatable bonds is 10. The lowest BCUT2D eigenvalue weighted by atomic mass is 9.96. The van der Waals surface area contributed by atoms with Crippen LogP contribution >= 0.6 is 0 Å². The molecule has 0 radical (unpaired) electrons. The molecular formula is C24H34FN3O3. The van der Waals surface area contributed by atoms with E-state index in [-0.39, 0.29) is 11.7 Å². The third-order valence-corrected chi connectivity index (χ3v) is 5.70. The van der Waals surface area contributed by atoms with Crippen molar-refractivity contribution in [2.24, 2.45) is 5.92 Å². The average molecular weight is 432 g/mol. The minimum Gasteiger partial charge on any atom is -0.453 e. The highest BCUT2D eigenvalue weighted by atomic mass is 19.1. The summed E-state index contributed by atoms with van der Waals surface area (Å²) in [4.78, 5) is 19.4. The van der Waals surface area contributed by atoms with Gasteiger partial charge in [-0.2, -0.15) is 0 Å². The summed E-state index contributed by atoms with van der Waals surface area (Å²) in [5.74, 6) is 1.10. The van der Waals surface area contributed by atoms with Gasteiger partial charge in [-0.15, -0.1) is 0 Å². The van der Waals surface area contributed by atoms with Gasteiger partial charge in [0.2, 0.25) is 0 Å². The summed E-state index contributed by atoms with van der Waals surface area (Å²) in [6.07, 6.45) is 2.11. The number of likely N-dealkylation sites (tertiary alicyclic amines) is 1. The number of furan rings is 1. The normalized spacial score (nSPS) is 17.3. The number of methoxy groups -OCH3 is 1. The molecule has 1 aliphatic rings. The van der Waals surface area contributed by atoms with E-state index in [1.807, 2.05) is 31.1 Å². The van der Waals surface area contributed by atoms with Gasteiger partial charge in [0.1, 0.15) is 18.2 Å². The van der Waals surface area contributed by atoms with Crippen LogP contribution in [0.1, 0.15) is 34.7 Å². The molecule has 3 rings (SSSR count). The molecule has 1 fully saturated rings. The van der Waals surface area contributed by atoms with E-state index in [0.717, 1.165) is 38.0 Å². The highest BCUT2D eigenvalue weighted by Crippen LogP contribution is 2.22. The van der Waals surface area contributed by atoms with E-state index in [4.69, 9.17) is 9.15 Å². The Labute approximate surface area is 184 Å². The molecule has 0 saturated carbocycles. The van der Waals surface area contributed by atoms with Gasteiger partial charge in [0.15, 0.2) is 5.76 Å². The van der Waals surface area contributed by atoms with Crippen molar-refractivity contribution in [1.29, 1.82) is 0 Å². The first-order chi connectivity index (χ1) is 15.0. The van der Waals surface area contributed by atoms with Crippen LogP contribution in [0.15, 0.2) is 40.8 Å². The molecule has 1 aliphatic heterocycles. The van der Waals surface area contributed by atoms with Crippen molar-refractivity contribution in [2.75, 3.05) is 53.9 Å². The topological polar surface area (TPSA) is 49.2 Å². The number of benzene rings is 1. The van der Waals surface area contributed by atoms with Gasteiger partial charge in [-0.05, 0) is 57.6 Å². The third-order valence-electron chi connectivity index (χ3n) is 5.70. The Balaban J connectivity index is 1.65. The van der Waals surface area contributed by atoms with Crippen molar-refractivity contribution in [1.82, 2.24) is 14.7 Å². The number of piperidine rings is 1. The van der Waals surface area contributed by atoms with Gasteiger partial charge in [-0.25, -0.2) is 4.39 Å².